The highest BCUT2D eigenvalue weighted by Crippen LogP contribution is 2.29. The van der Waals surface area contributed by atoms with E-state index in [0.29, 0.717) is 0 Å². The van der Waals surface area contributed by atoms with Crippen LogP contribution in [0.2, 0.25) is 0 Å². The number of hydrogen-bond donors (Lipinski definition) is 2. The van der Waals surface area contributed by atoms with Gasteiger partial charge >= 0.3 is 5.51 Å². The average Bonchev–Trinajstić information content (AvgIpc) is 2.93. The summed E-state index contributed by atoms with van der Waals surface area (Å²) >= 11 is -0.164. The van der Waals surface area contributed by atoms with E-state index >= 15 is 0 Å². The van der Waals surface area contributed by atoms with Gasteiger partial charge in [-0.2, -0.15) is 13.2 Å². The van der Waals surface area contributed by atoms with Crippen molar-refractivity contribution in [3.63, 3.8) is 0 Å². The molecule has 1 aromatic rings. The summed E-state index contributed by atoms with van der Waals surface area (Å²) in [5.41, 5.74) is -4.14. The van der Waals surface area contributed by atoms with E-state index in [-0.39, 0.29) is 48.2 Å². The maximum absolute atomic E-state index is 11.9. The van der Waals surface area contributed by atoms with Gasteiger partial charge in [0.25, 0.3) is 5.91 Å². The van der Waals surface area contributed by atoms with E-state index in [2.05, 4.69) is 20.9 Å². The lowest BCUT2D eigenvalue weighted by molar-refractivity contribution is -0.0327. The predicted octanol–water partition coefficient (Wildman–Crippen LogP) is 1.61. The number of nitrogens with one attached hydrogen (secondary N) is 2. The Balaban J connectivity index is 0.00000242. The number of hydrogen-bond acceptors (Lipinski definition) is 5. The number of aromatic nitrogens is 3. The van der Waals surface area contributed by atoms with Crippen LogP contribution in [0.25, 0.3) is 0 Å². The molecule has 1 amide bonds. The molecule has 1 saturated heterocycles. The van der Waals surface area contributed by atoms with E-state index in [1.165, 1.54) is 0 Å². The van der Waals surface area contributed by atoms with Gasteiger partial charge in [0.1, 0.15) is 0 Å². The molecule has 11 heteroatoms. The number of carbonyl (C=O) groups is 1. The van der Waals surface area contributed by atoms with Crippen molar-refractivity contribution >= 4 is 30.1 Å². The first-order valence-corrected chi connectivity index (χ1v) is 7.56. The van der Waals surface area contributed by atoms with Gasteiger partial charge < -0.3 is 10.6 Å². The fourth-order valence-corrected chi connectivity index (χ4v) is 2.49. The van der Waals surface area contributed by atoms with Crippen molar-refractivity contribution in [1.29, 1.82) is 0 Å². The van der Waals surface area contributed by atoms with Crippen molar-refractivity contribution in [3.8, 4) is 0 Å². The van der Waals surface area contributed by atoms with E-state index in [1.807, 2.05) is 0 Å². The molecule has 6 nitrogen and oxygen atoms in total. The van der Waals surface area contributed by atoms with Gasteiger partial charge in [-0.1, -0.05) is 5.21 Å². The molecule has 22 heavy (non-hydrogen) atoms. The molecule has 0 atom stereocenters. The Labute approximate surface area is 136 Å². The van der Waals surface area contributed by atoms with Gasteiger partial charge in [-0.3, -0.25) is 4.79 Å². The van der Waals surface area contributed by atoms with Crippen LogP contribution in [0.4, 0.5) is 13.2 Å². The van der Waals surface area contributed by atoms with Crippen LogP contribution in [-0.2, 0) is 0 Å². The summed E-state index contributed by atoms with van der Waals surface area (Å²) in [7, 11) is 0. The molecule has 0 aromatic carbocycles. The van der Waals surface area contributed by atoms with Gasteiger partial charge in [-0.05, 0) is 37.7 Å². The zero-order valence-electron chi connectivity index (χ0n) is 11.6. The van der Waals surface area contributed by atoms with E-state index in [1.54, 1.807) is 10.9 Å². The van der Waals surface area contributed by atoms with E-state index in [4.69, 9.17) is 0 Å². The maximum Gasteiger partial charge on any atom is 0.441 e. The molecule has 1 aliphatic rings. The second-order valence-electron chi connectivity index (χ2n) is 4.62. The monoisotopic (exact) mass is 359 g/mol. The molecule has 2 heterocycles. The Morgan fingerprint density at radius 1 is 1.45 bits per heavy atom. The Morgan fingerprint density at radius 2 is 2.14 bits per heavy atom. The first-order valence-electron chi connectivity index (χ1n) is 6.57. The fourth-order valence-electron chi connectivity index (χ4n) is 2.05. The summed E-state index contributed by atoms with van der Waals surface area (Å²) in [4.78, 5) is 11.7. The van der Waals surface area contributed by atoms with Crippen LogP contribution in [0.15, 0.2) is 6.20 Å². The van der Waals surface area contributed by atoms with Crippen LogP contribution in [0, 0.1) is 0 Å². The minimum absolute atomic E-state index is 0. The fraction of sp³-hybridized carbons (Fsp3) is 0.727. The van der Waals surface area contributed by atoms with Crippen molar-refractivity contribution in [1.82, 2.24) is 25.6 Å². The Morgan fingerprint density at radius 3 is 2.77 bits per heavy atom. The van der Waals surface area contributed by atoms with Crippen LogP contribution in [0.5, 0.6) is 0 Å². The van der Waals surface area contributed by atoms with Crippen LogP contribution >= 0.6 is 24.2 Å². The summed E-state index contributed by atoms with van der Waals surface area (Å²) < 4.78 is 37.4. The highest BCUT2D eigenvalue weighted by Gasteiger charge is 2.27. The SMILES string of the molecule is Cl.O=C(NCCSC(F)(F)F)c1cn(C2CCNCC2)nn1. The molecule has 2 rings (SSSR count). The minimum Gasteiger partial charge on any atom is -0.350 e. The average molecular weight is 360 g/mol. The molecule has 0 saturated carbocycles. The number of carbonyl (C=O) groups excluding carboxylic acids is 1. The maximum atomic E-state index is 11.9. The van der Waals surface area contributed by atoms with Gasteiger partial charge in [-0.15, -0.1) is 17.5 Å². The number of alkyl halides is 3. The highest BCUT2D eigenvalue weighted by molar-refractivity contribution is 8.00. The third-order valence-corrected chi connectivity index (χ3v) is 3.81. The van der Waals surface area contributed by atoms with Gasteiger partial charge in [0, 0.05) is 12.3 Å². The van der Waals surface area contributed by atoms with Crippen LogP contribution in [0.1, 0.15) is 29.4 Å². The van der Waals surface area contributed by atoms with Crippen LogP contribution < -0.4 is 10.6 Å². The molecule has 2 N–H and O–H groups in total. The first kappa shape index (κ1) is 19.0. The van der Waals surface area contributed by atoms with Gasteiger partial charge in [0.15, 0.2) is 5.69 Å². The molecule has 126 valence electrons. The highest BCUT2D eigenvalue weighted by atomic mass is 35.5. The molecule has 1 aliphatic heterocycles. The molecule has 0 unspecified atom stereocenters. The molecule has 1 aromatic heterocycles. The molecule has 0 bridgehead atoms. The Bertz CT molecular complexity index is 479. The summed E-state index contributed by atoms with van der Waals surface area (Å²) in [5.74, 6) is -0.726. The summed E-state index contributed by atoms with van der Waals surface area (Å²) in [6.45, 7) is 1.71. The van der Waals surface area contributed by atoms with Gasteiger partial charge in [-0.25, -0.2) is 4.68 Å². The summed E-state index contributed by atoms with van der Waals surface area (Å²) in [6, 6.07) is 0.209. The zero-order chi connectivity index (χ0) is 15.3. The molecule has 0 spiro atoms. The van der Waals surface area contributed by atoms with Crippen molar-refractivity contribution < 1.29 is 18.0 Å². The molecular weight excluding hydrogens is 343 g/mol. The predicted molar refractivity (Wildman–Crippen MR) is 79.3 cm³/mol. The zero-order valence-corrected chi connectivity index (χ0v) is 13.2. The number of nitrogens with zero attached hydrogens (tertiary/aromatic N) is 3. The standard InChI is InChI=1S/C11H16F3N5OS.ClH/c12-11(13,14)21-6-5-16-10(20)9-7-19(18-17-9)8-1-3-15-4-2-8;/h7-8,15H,1-6H2,(H,16,20);1H. The third-order valence-electron chi connectivity index (χ3n) is 3.08. The van der Waals surface area contributed by atoms with Crippen LogP contribution in [0.3, 0.4) is 0 Å². The first-order chi connectivity index (χ1) is 9.96. The smallest absolute Gasteiger partial charge is 0.350 e. The largest absolute Gasteiger partial charge is 0.441 e. The van der Waals surface area contributed by atoms with Crippen molar-refractivity contribution in [2.45, 2.75) is 24.4 Å². The lowest BCUT2D eigenvalue weighted by atomic mass is 10.1. The Hall–Kier alpha value is -1.00. The Kier molecular flexibility index (Phi) is 7.43. The third kappa shape index (κ3) is 6.01. The number of piperidine rings is 1. The molecular formula is C11H17ClF3N5OS. The van der Waals surface area contributed by atoms with Gasteiger partial charge in [0.2, 0.25) is 0 Å². The van der Waals surface area contributed by atoms with Gasteiger partial charge in [0.05, 0.1) is 12.2 Å². The van der Waals surface area contributed by atoms with Crippen molar-refractivity contribution in [2.24, 2.45) is 0 Å². The number of rotatable bonds is 5. The summed E-state index contributed by atoms with van der Waals surface area (Å²) in [5, 5.41) is 13.3. The topological polar surface area (TPSA) is 71.8 Å². The molecule has 0 aliphatic carbocycles. The minimum atomic E-state index is -4.27. The van der Waals surface area contributed by atoms with E-state index in [9.17, 15) is 18.0 Å². The van der Waals surface area contributed by atoms with Crippen molar-refractivity contribution in [2.75, 3.05) is 25.4 Å². The number of halogens is 4. The second-order valence-corrected chi connectivity index (χ2v) is 5.77. The summed E-state index contributed by atoms with van der Waals surface area (Å²) in [6.07, 6.45) is 3.36. The normalized spacial score (nSPS) is 16.1. The van der Waals surface area contributed by atoms with Crippen LogP contribution in [-0.4, -0.2) is 51.8 Å². The van der Waals surface area contributed by atoms with Crippen molar-refractivity contribution in [3.05, 3.63) is 11.9 Å². The number of amides is 1. The van der Waals surface area contributed by atoms with E-state index < -0.39 is 11.4 Å². The molecule has 1 fully saturated rings. The quantitative estimate of drug-likeness (QED) is 0.781. The van der Waals surface area contributed by atoms with E-state index in [0.717, 1.165) is 25.9 Å². The second kappa shape index (κ2) is 8.59. The lowest BCUT2D eigenvalue weighted by Gasteiger charge is -2.22. The number of thioether (sulfide) groups is 1. The molecule has 0 radical (unpaired) electrons. The lowest BCUT2D eigenvalue weighted by Crippen LogP contribution is -2.29.